The second kappa shape index (κ2) is 9.53. The third-order valence-corrected chi connectivity index (χ3v) is 6.11. The summed E-state index contributed by atoms with van der Waals surface area (Å²) < 4.78 is 0. The fourth-order valence-corrected chi connectivity index (χ4v) is 4.36. The summed E-state index contributed by atoms with van der Waals surface area (Å²) >= 11 is 24.1. The normalized spacial score (nSPS) is 10.9. The molecule has 6 heteroatoms. The zero-order valence-corrected chi connectivity index (χ0v) is 19.5. The van der Waals surface area contributed by atoms with Crippen LogP contribution in [0.5, 0.6) is 11.5 Å². The fraction of sp³-hybridized carbons (Fsp3) is 0.167. The first-order valence-corrected chi connectivity index (χ1v) is 10.8. The molecule has 3 rings (SSSR count). The van der Waals surface area contributed by atoms with Gasteiger partial charge in [0.1, 0.15) is 0 Å². The quantitative estimate of drug-likeness (QED) is 0.444. The van der Waals surface area contributed by atoms with Crippen LogP contribution in [0, 0.1) is 0 Å². The minimum atomic E-state index is -0.0914. The van der Waals surface area contributed by atoms with Gasteiger partial charge in [0, 0.05) is 0 Å². The van der Waals surface area contributed by atoms with E-state index in [1.54, 1.807) is 24.3 Å². The molecule has 0 atom stereocenters. The van der Waals surface area contributed by atoms with E-state index in [1.165, 1.54) is 0 Å². The maximum atomic E-state index is 9.71. The molecule has 0 aliphatic heterocycles. The van der Waals surface area contributed by atoms with Gasteiger partial charge < -0.3 is 10.2 Å². The van der Waals surface area contributed by atoms with E-state index in [-0.39, 0.29) is 31.6 Å². The molecule has 0 bridgehead atoms. The molecule has 2 nitrogen and oxygen atoms in total. The van der Waals surface area contributed by atoms with Crippen LogP contribution in [0.15, 0.2) is 48.5 Å². The molecule has 0 aliphatic carbocycles. The van der Waals surface area contributed by atoms with Gasteiger partial charge in [0.15, 0.2) is 11.5 Å². The van der Waals surface area contributed by atoms with Crippen LogP contribution in [-0.4, -0.2) is 10.2 Å². The first-order chi connectivity index (χ1) is 14.2. The topological polar surface area (TPSA) is 40.5 Å². The van der Waals surface area contributed by atoms with Crippen LogP contribution >= 0.6 is 46.4 Å². The van der Waals surface area contributed by atoms with Crippen LogP contribution in [0.25, 0.3) is 11.1 Å². The van der Waals surface area contributed by atoms with Crippen molar-refractivity contribution < 1.29 is 10.2 Å². The van der Waals surface area contributed by atoms with Crippen LogP contribution in [0.1, 0.15) is 25.0 Å². The van der Waals surface area contributed by atoms with Crippen LogP contribution in [0.2, 0.25) is 20.1 Å². The van der Waals surface area contributed by atoms with Crippen molar-refractivity contribution in [1.29, 1.82) is 0 Å². The average molecular weight is 482 g/mol. The highest BCUT2D eigenvalue weighted by molar-refractivity contribution is 6.37. The van der Waals surface area contributed by atoms with E-state index in [0.29, 0.717) is 12.8 Å². The summed E-state index contributed by atoms with van der Waals surface area (Å²) in [5, 5.41) is 22.7. The van der Waals surface area contributed by atoms with Gasteiger partial charge >= 0.3 is 0 Å². The van der Waals surface area contributed by atoms with Crippen molar-refractivity contribution in [2.24, 2.45) is 0 Å². The molecule has 0 radical (unpaired) electrons. The van der Waals surface area contributed by atoms with Gasteiger partial charge in [-0.25, -0.2) is 0 Å². The third kappa shape index (κ3) is 5.25. The van der Waals surface area contributed by atoms with Crippen LogP contribution in [0.3, 0.4) is 0 Å². The number of hydrogen-bond donors (Lipinski definition) is 2. The van der Waals surface area contributed by atoms with Crippen molar-refractivity contribution in [1.82, 2.24) is 0 Å². The van der Waals surface area contributed by atoms with E-state index < -0.39 is 0 Å². The Morgan fingerprint density at radius 1 is 0.600 bits per heavy atom. The van der Waals surface area contributed by atoms with Gasteiger partial charge in [-0.05, 0) is 72.5 Å². The Morgan fingerprint density at radius 3 is 1.13 bits per heavy atom. The molecule has 0 spiro atoms. The highest BCUT2D eigenvalue weighted by Gasteiger charge is 2.08. The van der Waals surface area contributed by atoms with Gasteiger partial charge in [-0.3, -0.25) is 0 Å². The smallest absolute Gasteiger partial charge is 0.152 e. The Hall–Kier alpha value is -1.84. The van der Waals surface area contributed by atoms with E-state index in [2.05, 4.69) is 38.1 Å². The third-order valence-electron chi connectivity index (χ3n) is 4.96. The van der Waals surface area contributed by atoms with Crippen molar-refractivity contribution in [2.75, 3.05) is 0 Å². The van der Waals surface area contributed by atoms with Gasteiger partial charge in [-0.1, -0.05) is 81.8 Å². The number of aromatic hydroxyl groups is 2. The highest BCUT2D eigenvalue weighted by atomic mass is 35.5. The molecule has 0 unspecified atom stereocenters. The molecule has 3 aromatic rings. The Kier molecular flexibility index (Phi) is 7.26. The molecule has 0 saturated carbocycles. The summed E-state index contributed by atoms with van der Waals surface area (Å²) in [5.41, 5.74) is 4.20. The standard InChI is InChI=1S/C24H20Cl4O2/c1-13(7-15-9-19(25)23(29)20(26)10-15)17-3-5-18(6-4-17)14(2)8-16-11-21(27)24(30)22(28)12-16/h3-6,9-12,29-30H,7-8H2,1-2H3. The molecule has 0 fully saturated rings. The molecule has 0 saturated heterocycles. The predicted octanol–water partition coefficient (Wildman–Crippen LogP) is 6.54. The van der Waals surface area contributed by atoms with Gasteiger partial charge in [0.25, 0.3) is 0 Å². The molecule has 30 heavy (non-hydrogen) atoms. The van der Waals surface area contributed by atoms with E-state index in [9.17, 15) is 10.2 Å². The number of phenols is 2. The largest absolute Gasteiger partial charge is 0.505 e. The number of hydrogen-bond acceptors (Lipinski definition) is 2. The maximum absolute atomic E-state index is 9.71. The van der Waals surface area contributed by atoms with Crippen molar-refractivity contribution in [3.05, 3.63) is 90.2 Å². The maximum Gasteiger partial charge on any atom is 0.152 e. The zero-order chi connectivity index (χ0) is 22.0. The fourth-order valence-electron chi connectivity index (χ4n) is 3.30. The van der Waals surface area contributed by atoms with E-state index in [0.717, 1.165) is 32.7 Å². The Bertz CT molecular complexity index is 1070. The zero-order valence-electron chi connectivity index (χ0n) is 16.4. The molecule has 0 aliphatic rings. The summed E-state index contributed by atoms with van der Waals surface area (Å²) in [7, 11) is 0. The molecular weight excluding hydrogens is 462 g/mol. The minimum absolute atomic E-state index is 0.0914. The lowest BCUT2D eigenvalue weighted by Gasteiger charge is -2.07. The first kappa shape index (κ1) is 22.8. The SMILES string of the molecule is CC(Cc1cc(Cl)c(O)c(Cl)c1)=c1ccc(=C(C)Cc2cc(Cl)c(O)c(Cl)c2)cc1. The second-order valence-electron chi connectivity index (χ2n) is 7.31. The lowest BCUT2D eigenvalue weighted by molar-refractivity contribution is 0.475. The monoisotopic (exact) mass is 480 g/mol. The molecule has 0 aromatic heterocycles. The van der Waals surface area contributed by atoms with Gasteiger partial charge in [0.2, 0.25) is 0 Å². The van der Waals surface area contributed by atoms with Crippen LogP contribution in [0.4, 0.5) is 0 Å². The van der Waals surface area contributed by atoms with Gasteiger partial charge in [-0.15, -0.1) is 0 Å². The van der Waals surface area contributed by atoms with Gasteiger partial charge in [0.05, 0.1) is 20.1 Å². The minimum Gasteiger partial charge on any atom is -0.505 e. The Morgan fingerprint density at radius 2 is 0.867 bits per heavy atom. The van der Waals surface area contributed by atoms with Gasteiger partial charge in [-0.2, -0.15) is 0 Å². The lowest BCUT2D eigenvalue weighted by atomic mass is 10.0. The molecule has 2 N–H and O–H groups in total. The number of halogens is 4. The number of phenolic OH excluding ortho intramolecular Hbond substituents is 2. The van der Waals surface area contributed by atoms with Crippen molar-refractivity contribution in [3.63, 3.8) is 0 Å². The molecule has 0 heterocycles. The van der Waals surface area contributed by atoms with E-state index in [4.69, 9.17) is 46.4 Å². The Balaban J connectivity index is 1.87. The van der Waals surface area contributed by atoms with Crippen molar-refractivity contribution in [3.8, 4) is 11.5 Å². The molecule has 0 amide bonds. The average Bonchev–Trinajstić information content (AvgIpc) is 2.70. The van der Waals surface area contributed by atoms with Crippen LogP contribution < -0.4 is 10.4 Å². The summed E-state index contributed by atoms with van der Waals surface area (Å²) in [6.07, 6.45) is 1.35. The number of benzene rings is 3. The van der Waals surface area contributed by atoms with E-state index in [1.807, 2.05) is 0 Å². The molecule has 3 aromatic carbocycles. The molecular formula is C24H20Cl4O2. The number of rotatable bonds is 4. The predicted molar refractivity (Wildman–Crippen MR) is 128 cm³/mol. The second-order valence-corrected chi connectivity index (χ2v) is 8.94. The summed E-state index contributed by atoms with van der Waals surface area (Å²) in [6.45, 7) is 4.11. The van der Waals surface area contributed by atoms with Crippen LogP contribution in [-0.2, 0) is 12.8 Å². The van der Waals surface area contributed by atoms with E-state index >= 15 is 0 Å². The highest BCUT2D eigenvalue weighted by Crippen LogP contribution is 2.34. The summed E-state index contributed by atoms with van der Waals surface area (Å²) in [5.74, 6) is -0.183. The van der Waals surface area contributed by atoms with Crippen molar-refractivity contribution >= 4 is 57.5 Å². The Labute approximate surface area is 195 Å². The molecule has 156 valence electrons. The lowest BCUT2D eigenvalue weighted by Crippen LogP contribution is -2.13. The first-order valence-electron chi connectivity index (χ1n) is 9.25. The summed E-state index contributed by atoms with van der Waals surface area (Å²) in [4.78, 5) is 0. The summed E-state index contributed by atoms with van der Waals surface area (Å²) in [6, 6.07) is 15.2. The van der Waals surface area contributed by atoms with Crippen molar-refractivity contribution in [2.45, 2.75) is 26.7 Å².